The molecule has 1 aliphatic heterocycles. The zero-order valence-corrected chi connectivity index (χ0v) is 19.4. The molecule has 0 saturated carbocycles. The summed E-state index contributed by atoms with van der Waals surface area (Å²) in [5.41, 5.74) is 0.118. The molecule has 1 fully saturated rings. The first-order valence-electron chi connectivity index (χ1n) is 9.90. The summed E-state index contributed by atoms with van der Waals surface area (Å²) >= 11 is 6.22. The molecule has 4 rings (SSSR count). The molecule has 6 nitrogen and oxygen atoms in total. The van der Waals surface area contributed by atoms with E-state index in [0.29, 0.717) is 0 Å². The smallest absolute Gasteiger partial charge is 0.238 e. The number of sulfone groups is 2. The molecule has 3 aromatic rings. The zero-order chi connectivity index (χ0) is 23.9. The van der Waals surface area contributed by atoms with Crippen molar-refractivity contribution >= 4 is 37.2 Å². The van der Waals surface area contributed by atoms with Crippen LogP contribution in [0.2, 0.25) is 0 Å². The molecule has 0 unspecified atom stereocenters. The lowest BCUT2D eigenvalue weighted by atomic mass is 9.95. The summed E-state index contributed by atoms with van der Waals surface area (Å²) in [6.07, 6.45) is -0.698. The van der Waals surface area contributed by atoms with Crippen molar-refractivity contribution in [2.24, 2.45) is 0 Å². The van der Waals surface area contributed by atoms with E-state index >= 15 is 0 Å². The summed E-state index contributed by atoms with van der Waals surface area (Å²) in [4.78, 5) is 12.1. The minimum Gasteiger partial charge on any atom is -0.345 e. The number of piperidine rings is 1. The standard InChI is InChI=1S/C23H19ClFNO5S2/c24-20-15-23(32(28,29)18-7-3-1-4-8-18,33(30,31)19-9-5-2-6-10-19)21(26-22(20)27)16-11-13-17(25)14-12-16/h1-14,20-21H,15H2,(H,26,27)/t20-,21+/m0/s1. The highest BCUT2D eigenvalue weighted by Gasteiger charge is 2.65. The van der Waals surface area contributed by atoms with Crippen molar-refractivity contribution in [3.63, 3.8) is 0 Å². The van der Waals surface area contributed by atoms with Crippen molar-refractivity contribution in [1.82, 2.24) is 5.32 Å². The van der Waals surface area contributed by atoms with Gasteiger partial charge < -0.3 is 5.32 Å². The van der Waals surface area contributed by atoms with Crippen LogP contribution in [0.3, 0.4) is 0 Å². The Bertz CT molecular complexity index is 1310. The Balaban J connectivity index is 2.10. The second kappa shape index (κ2) is 8.55. The van der Waals surface area contributed by atoms with Gasteiger partial charge in [0.15, 0.2) is 0 Å². The van der Waals surface area contributed by atoms with Crippen molar-refractivity contribution < 1.29 is 26.0 Å². The Kier molecular flexibility index (Phi) is 6.07. The minimum absolute atomic E-state index is 0.118. The van der Waals surface area contributed by atoms with Crippen molar-refractivity contribution in [3.05, 3.63) is 96.3 Å². The predicted octanol–water partition coefficient (Wildman–Crippen LogP) is 3.64. The summed E-state index contributed by atoms with van der Waals surface area (Å²) in [5.74, 6) is -1.31. The van der Waals surface area contributed by atoms with E-state index < -0.39 is 53.3 Å². The first-order chi connectivity index (χ1) is 15.6. The lowest BCUT2D eigenvalue weighted by Gasteiger charge is -2.44. The molecular weight excluding hydrogens is 489 g/mol. The molecule has 1 saturated heterocycles. The lowest BCUT2D eigenvalue weighted by molar-refractivity contribution is -0.123. The molecule has 1 heterocycles. The predicted molar refractivity (Wildman–Crippen MR) is 122 cm³/mol. The molecule has 0 aliphatic carbocycles. The van der Waals surface area contributed by atoms with Gasteiger partial charge in [-0.1, -0.05) is 48.5 Å². The number of rotatable bonds is 5. The molecule has 0 aromatic heterocycles. The van der Waals surface area contributed by atoms with Crippen LogP contribution in [0.4, 0.5) is 4.39 Å². The first-order valence-corrected chi connectivity index (χ1v) is 13.3. The molecule has 10 heteroatoms. The van der Waals surface area contributed by atoms with E-state index in [-0.39, 0.29) is 15.4 Å². The Hall–Kier alpha value is -2.75. The molecule has 0 radical (unpaired) electrons. The number of hydrogen-bond donors (Lipinski definition) is 1. The maximum Gasteiger partial charge on any atom is 0.238 e. The minimum atomic E-state index is -4.67. The summed E-state index contributed by atoms with van der Waals surface area (Å²) < 4.78 is 67.7. The van der Waals surface area contributed by atoms with E-state index in [1.54, 1.807) is 12.1 Å². The molecule has 1 aliphatic rings. The Morgan fingerprint density at radius 3 is 1.70 bits per heavy atom. The van der Waals surface area contributed by atoms with Crippen LogP contribution < -0.4 is 5.32 Å². The second-order valence-electron chi connectivity index (χ2n) is 7.61. The van der Waals surface area contributed by atoms with Gasteiger partial charge in [-0.25, -0.2) is 21.2 Å². The number of amides is 1. The van der Waals surface area contributed by atoms with Gasteiger partial charge in [0.25, 0.3) is 0 Å². The number of carbonyl (C=O) groups excluding carboxylic acids is 1. The van der Waals surface area contributed by atoms with Crippen LogP contribution in [0, 0.1) is 5.82 Å². The zero-order valence-electron chi connectivity index (χ0n) is 17.1. The maximum absolute atomic E-state index is 14.2. The number of halogens is 2. The molecule has 33 heavy (non-hydrogen) atoms. The quantitative estimate of drug-likeness (QED) is 0.532. The highest BCUT2D eigenvalue weighted by Crippen LogP contribution is 2.50. The van der Waals surface area contributed by atoms with Crippen LogP contribution >= 0.6 is 11.6 Å². The van der Waals surface area contributed by atoms with E-state index in [1.165, 1.54) is 60.7 Å². The van der Waals surface area contributed by atoms with Crippen molar-refractivity contribution in [1.29, 1.82) is 0 Å². The molecule has 1 N–H and O–H groups in total. The van der Waals surface area contributed by atoms with Gasteiger partial charge in [-0.2, -0.15) is 0 Å². The topological polar surface area (TPSA) is 97.4 Å². The van der Waals surface area contributed by atoms with Crippen LogP contribution in [-0.4, -0.2) is 32.2 Å². The van der Waals surface area contributed by atoms with Crippen LogP contribution in [0.5, 0.6) is 0 Å². The van der Waals surface area contributed by atoms with Gasteiger partial charge in [-0.15, -0.1) is 11.6 Å². The van der Waals surface area contributed by atoms with Gasteiger partial charge in [0, 0.05) is 6.42 Å². The van der Waals surface area contributed by atoms with Gasteiger partial charge in [-0.05, 0) is 42.0 Å². The molecular formula is C23H19ClFNO5S2. The van der Waals surface area contributed by atoms with Crippen LogP contribution in [0.1, 0.15) is 18.0 Å². The van der Waals surface area contributed by atoms with E-state index in [4.69, 9.17) is 11.6 Å². The SMILES string of the molecule is O=C1N[C@H](c2ccc(F)cc2)C(S(=O)(=O)c2ccccc2)(S(=O)(=O)c2ccccc2)C[C@@H]1Cl. The monoisotopic (exact) mass is 507 g/mol. The Morgan fingerprint density at radius 1 is 0.788 bits per heavy atom. The van der Waals surface area contributed by atoms with E-state index in [1.807, 2.05) is 0 Å². The summed E-state index contributed by atoms with van der Waals surface area (Å²) in [6.45, 7) is 0. The summed E-state index contributed by atoms with van der Waals surface area (Å²) in [5, 5.41) is 1.06. The van der Waals surface area contributed by atoms with Crippen molar-refractivity contribution in [2.45, 2.75) is 31.7 Å². The van der Waals surface area contributed by atoms with Gasteiger partial charge in [0.1, 0.15) is 11.2 Å². The number of alkyl halides is 1. The number of carbonyl (C=O) groups is 1. The van der Waals surface area contributed by atoms with Gasteiger partial charge in [-0.3, -0.25) is 4.79 Å². The fraction of sp³-hybridized carbons (Fsp3) is 0.174. The maximum atomic E-state index is 14.2. The van der Waals surface area contributed by atoms with Crippen LogP contribution in [-0.2, 0) is 24.5 Å². The molecule has 1 amide bonds. The van der Waals surface area contributed by atoms with Crippen molar-refractivity contribution in [3.8, 4) is 0 Å². The highest BCUT2D eigenvalue weighted by atomic mass is 35.5. The second-order valence-corrected chi connectivity index (χ2v) is 12.8. The average Bonchev–Trinajstić information content (AvgIpc) is 2.82. The fourth-order valence-electron chi connectivity index (χ4n) is 4.07. The molecule has 0 bridgehead atoms. The average molecular weight is 508 g/mol. The summed E-state index contributed by atoms with van der Waals surface area (Å²) in [7, 11) is -9.35. The Morgan fingerprint density at radius 2 is 1.24 bits per heavy atom. The number of hydrogen-bond acceptors (Lipinski definition) is 5. The van der Waals surface area contributed by atoms with Crippen molar-refractivity contribution in [2.75, 3.05) is 0 Å². The third-order valence-electron chi connectivity index (χ3n) is 5.69. The third kappa shape index (κ3) is 3.74. The lowest BCUT2D eigenvalue weighted by Crippen LogP contribution is -2.62. The molecule has 0 spiro atoms. The van der Waals surface area contributed by atoms with E-state index in [9.17, 15) is 26.0 Å². The third-order valence-corrected chi connectivity index (χ3v) is 11.8. The summed E-state index contributed by atoms with van der Waals surface area (Å²) in [6, 6.07) is 17.4. The van der Waals surface area contributed by atoms with Gasteiger partial charge >= 0.3 is 0 Å². The largest absolute Gasteiger partial charge is 0.345 e. The van der Waals surface area contributed by atoms with Crippen LogP contribution in [0.25, 0.3) is 0 Å². The van der Waals surface area contributed by atoms with E-state index in [0.717, 1.165) is 12.1 Å². The molecule has 3 aromatic carbocycles. The fourth-order valence-corrected chi connectivity index (χ4v) is 9.90. The van der Waals surface area contributed by atoms with E-state index in [2.05, 4.69) is 5.32 Å². The van der Waals surface area contributed by atoms with Crippen LogP contribution in [0.15, 0.2) is 94.7 Å². The molecule has 2 atom stereocenters. The number of benzene rings is 3. The highest BCUT2D eigenvalue weighted by molar-refractivity contribution is 8.10. The molecule has 172 valence electrons. The number of nitrogens with one attached hydrogen (secondary N) is 1. The Labute approximate surface area is 196 Å². The normalized spacial score (nSPS) is 20.7. The van der Waals surface area contributed by atoms with Gasteiger partial charge in [0.2, 0.25) is 29.7 Å². The van der Waals surface area contributed by atoms with Gasteiger partial charge in [0.05, 0.1) is 15.8 Å². The first kappa shape index (κ1) is 23.4.